The van der Waals surface area contributed by atoms with Gasteiger partial charge in [0.25, 0.3) is 6.47 Å². The molecule has 34 heavy (non-hydrogen) atoms. The zero-order chi connectivity index (χ0) is 25.2. The average molecular weight is 509 g/mol. The van der Waals surface area contributed by atoms with Crippen LogP contribution in [-0.4, -0.2) is 57.0 Å². The number of rotatable bonds is 28. The van der Waals surface area contributed by atoms with Gasteiger partial charge in [0.05, 0.1) is 33.0 Å². The monoisotopic (exact) mass is 508 g/mol. The molecule has 0 aliphatic carbocycles. The van der Waals surface area contributed by atoms with E-state index in [1.54, 1.807) is 0 Å². The second-order valence-corrected chi connectivity index (χ2v) is 11.4. The summed E-state index contributed by atoms with van der Waals surface area (Å²) in [6.07, 6.45) is 22.1. The van der Waals surface area contributed by atoms with Gasteiger partial charge in [-0.15, -0.1) is 0 Å². The molecule has 0 aromatic carbocycles. The lowest BCUT2D eigenvalue weighted by Gasteiger charge is -2.18. The molecule has 0 aromatic heterocycles. The number of carbonyl (C=O) groups is 1. The van der Waals surface area contributed by atoms with Crippen molar-refractivity contribution < 1.29 is 33.6 Å². The molecular formula is C26H55NO6P+. The summed E-state index contributed by atoms with van der Waals surface area (Å²) in [5, 5.41) is 1.81. The fraction of sp³-hybridized carbons (Fsp3) is 0.962. The lowest BCUT2D eigenvalue weighted by Crippen LogP contribution is -2.80. The highest BCUT2D eigenvalue weighted by molar-refractivity contribution is 7.52. The molecule has 3 N–H and O–H groups in total. The van der Waals surface area contributed by atoms with Crippen LogP contribution in [0.3, 0.4) is 0 Å². The standard InChI is InChI=1S/C26H54NO6P/c1-3-4-5-6-7-8-9-10-11-12-13-14-15-16-17-18-19-21-31-23-26(32-25-28)24-33-34(29,30)22-20-27-2/h25-27H,3-24H2,1-2H3,(H,29,30)/p+1. The van der Waals surface area contributed by atoms with Crippen LogP contribution >= 0.6 is 7.60 Å². The molecule has 0 rings (SSSR count). The minimum Gasteiger partial charge on any atom is -0.460 e. The summed E-state index contributed by atoms with van der Waals surface area (Å²) in [6.45, 7) is 3.75. The SMILES string of the molecule is CCCCCCCCCCCCCCCCCCCOCC(COP(=O)(O)CC[NH2+]C)OC=O. The summed E-state index contributed by atoms with van der Waals surface area (Å²) >= 11 is 0. The van der Waals surface area contributed by atoms with E-state index in [-0.39, 0.29) is 19.4 Å². The fourth-order valence-corrected chi connectivity index (χ4v) is 5.02. The maximum atomic E-state index is 11.9. The molecule has 0 amide bonds. The predicted molar refractivity (Wildman–Crippen MR) is 139 cm³/mol. The summed E-state index contributed by atoms with van der Waals surface area (Å²) in [5.74, 6) is 0. The average Bonchev–Trinajstić information content (AvgIpc) is 2.82. The maximum Gasteiger partial charge on any atom is 0.333 e. The Morgan fingerprint density at radius 2 is 1.26 bits per heavy atom. The fourth-order valence-electron chi connectivity index (χ4n) is 3.91. The van der Waals surface area contributed by atoms with Crippen molar-refractivity contribution in [1.29, 1.82) is 0 Å². The Balaban J connectivity index is 3.44. The van der Waals surface area contributed by atoms with E-state index in [0.29, 0.717) is 19.6 Å². The molecule has 0 spiro atoms. The number of ether oxygens (including phenoxy) is 2. The van der Waals surface area contributed by atoms with Gasteiger partial charge in [-0.05, 0) is 6.42 Å². The molecule has 0 bridgehead atoms. The van der Waals surface area contributed by atoms with Crippen LogP contribution in [0.1, 0.15) is 116 Å². The van der Waals surface area contributed by atoms with Crippen LogP contribution in [0.25, 0.3) is 0 Å². The van der Waals surface area contributed by atoms with E-state index in [0.717, 1.165) is 12.8 Å². The van der Waals surface area contributed by atoms with Gasteiger partial charge in [0.15, 0.2) is 0 Å². The predicted octanol–water partition coefficient (Wildman–Crippen LogP) is 5.59. The Bertz CT molecular complexity index is 480. The van der Waals surface area contributed by atoms with Crippen LogP contribution < -0.4 is 5.32 Å². The summed E-state index contributed by atoms with van der Waals surface area (Å²) in [7, 11) is -1.82. The Hall–Kier alpha value is -0.460. The van der Waals surface area contributed by atoms with Crippen molar-refractivity contribution in [3.8, 4) is 0 Å². The van der Waals surface area contributed by atoms with Crippen molar-refractivity contribution in [3.05, 3.63) is 0 Å². The van der Waals surface area contributed by atoms with E-state index >= 15 is 0 Å². The third kappa shape index (κ3) is 24.7. The highest BCUT2D eigenvalue weighted by Crippen LogP contribution is 2.40. The van der Waals surface area contributed by atoms with Crippen LogP contribution in [0, 0.1) is 0 Å². The Morgan fingerprint density at radius 3 is 1.71 bits per heavy atom. The third-order valence-corrected chi connectivity index (χ3v) is 7.48. The topological polar surface area (TPSA) is 98.7 Å². The number of unbranched alkanes of at least 4 members (excludes halogenated alkanes) is 16. The Labute approximate surface area is 209 Å². The molecule has 7 nitrogen and oxygen atoms in total. The van der Waals surface area contributed by atoms with Crippen molar-refractivity contribution in [2.75, 3.05) is 39.6 Å². The second-order valence-electron chi connectivity index (χ2n) is 9.44. The molecule has 0 aromatic rings. The zero-order valence-corrected chi connectivity index (χ0v) is 23.1. The highest BCUT2D eigenvalue weighted by Gasteiger charge is 2.22. The maximum absolute atomic E-state index is 11.9. The molecule has 0 saturated carbocycles. The molecule has 0 fully saturated rings. The molecule has 0 heterocycles. The van der Waals surface area contributed by atoms with Crippen molar-refractivity contribution in [2.45, 2.75) is 122 Å². The van der Waals surface area contributed by atoms with E-state index in [2.05, 4.69) is 6.92 Å². The molecule has 2 atom stereocenters. The van der Waals surface area contributed by atoms with Crippen LogP contribution in [0.5, 0.6) is 0 Å². The molecule has 204 valence electrons. The van der Waals surface area contributed by atoms with E-state index in [4.69, 9.17) is 14.0 Å². The third-order valence-electron chi connectivity index (χ3n) is 6.11. The molecule has 0 radical (unpaired) electrons. The van der Waals surface area contributed by atoms with Crippen molar-refractivity contribution in [3.63, 3.8) is 0 Å². The number of hydrogen-bond donors (Lipinski definition) is 2. The van der Waals surface area contributed by atoms with Gasteiger partial charge in [-0.1, -0.05) is 110 Å². The molecular weight excluding hydrogens is 453 g/mol. The zero-order valence-electron chi connectivity index (χ0n) is 22.2. The minimum absolute atomic E-state index is 0.0669. The summed E-state index contributed by atoms with van der Waals surface area (Å²) in [6, 6.07) is 0. The van der Waals surface area contributed by atoms with Gasteiger partial charge in [0.1, 0.15) is 6.10 Å². The molecule has 0 aliphatic heterocycles. The lowest BCUT2D eigenvalue weighted by molar-refractivity contribution is -0.622. The first-order chi connectivity index (χ1) is 16.6. The summed E-state index contributed by atoms with van der Waals surface area (Å²) < 4.78 is 27.4. The van der Waals surface area contributed by atoms with Crippen LogP contribution in [0.4, 0.5) is 0 Å². The number of nitrogens with two attached hydrogens (primary N) is 1. The molecule has 0 aliphatic rings. The first-order valence-electron chi connectivity index (χ1n) is 14.0. The van der Waals surface area contributed by atoms with Crippen molar-refractivity contribution in [2.24, 2.45) is 0 Å². The van der Waals surface area contributed by atoms with Gasteiger partial charge < -0.3 is 24.2 Å². The van der Waals surface area contributed by atoms with Crippen molar-refractivity contribution in [1.82, 2.24) is 0 Å². The van der Waals surface area contributed by atoms with Crippen LogP contribution in [0.2, 0.25) is 0 Å². The molecule has 0 saturated heterocycles. The van der Waals surface area contributed by atoms with Gasteiger partial charge in [-0.3, -0.25) is 9.36 Å². The molecule has 2 unspecified atom stereocenters. The quantitative estimate of drug-likeness (QED) is 0.0812. The van der Waals surface area contributed by atoms with Crippen molar-refractivity contribution >= 4 is 14.1 Å². The van der Waals surface area contributed by atoms with Crippen LogP contribution in [0.15, 0.2) is 0 Å². The lowest BCUT2D eigenvalue weighted by atomic mass is 10.0. The Morgan fingerprint density at radius 1 is 0.794 bits per heavy atom. The normalized spacial score (nSPS) is 14.1. The van der Waals surface area contributed by atoms with Gasteiger partial charge in [0, 0.05) is 6.61 Å². The smallest absolute Gasteiger partial charge is 0.333 e. The van der Waals surface area contributed by atoms with E-state index < -0.39 is 13.7 Å². The van der Waals surface area contributed by atoms with Crippen LogP contribution in [-0.2, 0) is 23.4 Å². The minimum atomic E-state index is -3.65. The van der Waals surface area contributed by atoms with Gasteiger partial charge in [0.2, 0.25) is 0 Å². The number of hydrogen-bond acceptors (Lipinski definition) is 5. The highest BCUT2D eigenvalue weighted by atomic mass is 31.2. The number of carbonyl (C=O) groups excluding carboxylic acids is 1. The largest absolute Gasteiger partial charge is 0.460 e. The summed E-state index contributed by atoms with van der Waals surface area (Å²) in [5.41, 5.74) is 0. The van der Waals surface area contributed by atoms with E-state index in [1.165, 1.54) is 96.3 Å². The van der Waals surface area contributed by atoms with Gasteiger partial charge >= 0.3 is 7.60 Å². The van der Waals surface area contributed by atoms with Gasteiger partial charge in [-0.2, -0.15) is 0 Å². The van der Waals surface area contributed by atoms with E-state index in [1.807, 2.05) is 12.4 Å². The molecule has 8 heteroatoms. The summed E-state index contributed by atoms with van der Waals surface area (Å²) in [4.78, 5) is 20.4. The Kier molecular flexibility index (Phi) is 25.3. The first kappa shape index (κ1) is 33.5. The second kappa shape index (κ2) is 25.6. The van der Waals surface area contributed by atoms with E-state index in [9.17, 15) is 14.3 Å². The number of quaternary nitrogens is 1. The van der Waals surface area contributed by atoms with Gasteiger partial charge in [-0.25, -0.2) is 0 Å². The first-order valence-corrected chi connectivity index (χ1v) is 15.7.